The number of para-hydroxylation sites is 2. The molecule has 5 rings (SSSR count). The minimum absolute atomic E-state index is 0.0144. The predicted octanol–water partition coefficient (Wildman–Crippen LogP) is 6.12. The molecule has 0 bridgehead atoms. The molecule has 0 unspecified atom stereocenters. The molecule has 4 aromatic rings. The summed E-state index contributed by atoms with van der Waals surface area (Å²) in [5.74, 6) is -4.47. The van der Waals surface area contributed by atoms with Gasteiger partial charge in [-0.1, -0.05) is 94.4 Å². The lowest BCUT2D eigenvalue weighted by molar-refractivity contribution is -0.151. The van der Waals surface area contributed by atoms with E-state index in [9.17, 15) is 28.8 Å². The molecular formula is C42H43N3O8. The highest BCUT2D eigenvalue weighted by Gasteiger charge is 2.44. The van der Waals surface area contributed by atoms with E-state index in [-0.39, 0.29) is 23.1 Å². The van der Waals surface area contributed by atoms with Gasteiger partial charge < -0.3 is 20.1 Å². The summed E-state index contributed by atoms with van der Waals surface area (Å²) in [7, 11) is 0. The quantitative estimate of drug-likeness (QED) is 0.110. The highest BCUT2D eigenvalue weighted by molar-refractivity contribution is 6.23. The van der Waals surface area contributed by atoms with Crippen LogP contribution in [0.15, 0.2) is 84.9 Å². The van der Waals surface area contributed by atoms with E-state index < -0.39 is 54.8 Å². The highest BCUT2D eigenvalue weighted by Crippen LogP contribution is 2.29. The van der Waals surface area contributed by atoms with Crippen LogP contribution < -0.4 is 10.6 Å². The van der Waals surface area contributed by atoms with Crippen LogP contribution in [0.4, 0.5) is 11.4 Å². The van der Waals surface area contributed by atoms with Gasteiger partial charge in [-0.15, -0.1) is 0 Å². The van der Waals surface area contributed by atoms with Gasteiger partial charge in [0.25, 0.3) is 23.6 Å². The molecule has 4 aromatic carbocycles. The van der Waals surface area contributed by atoms with Gasteiger partial charge in [0, 0.05) is 17.8 Å². The number of esters is 2. The van der Waals surface area contributed by atoms with Crippen molar-refractivity contribution in [3.63, 3.8) is 0 Å². The van der Waals surface area contributed by atoms with Crippen LogP contribution in [0, 0.1) is 0 Å². The molecule has 1 aliphatic rings. The third-order valence-electron chi connectivity index (χ3n) is 9.22. The Bertz CT molecular complexity index is 2000. The van der Waals surface area contributed by atoms with E-state index in [0.29, 0.717) is 42.6 Å². The van der Waals surface area contributed by atoms with Crippen LogP contribution in [0.3, 0.4) is 0 Å². The number of imide groups is 1. The first-order chi connectivity index (χ1) is 25.6. The molecule has 11 nitrogen and oxygen atoms in total. The lowest BCUT2D eigenvalue weighted by Crippen LogP contribution is -2.47. The summed E-state index contributed by atoms with van der Waals surface area (Å²) < 4.78 is 10.7. The van der Waals surface area contributed by atoms with E-state index in [1.807, 2.05) is 64.1 Å². The highest BCUT2D eigenvalue weighted by atomic mass is 16.5. The van der Waals surface area contributed by atoms with E-state index in [1.54, 1.807) is 30.3 Å². The molecular weight excluding hydrogens is 674 g/mol. The van der Waals surface area contributed by atoms with Crippen LogP contribution in [0.5, 0.6) is 0 Å². The first-order valence-electron chi connectivity index (χ1n) is 17.8. The number of benzene rings is 4. The fourth-order valence-electron chi connectivity index (χ4n) is 6.39. The van der Waals surface area contributed by atoms with Crippen LogP contribution in [-0.2, 0) is 56.0 Å². The number of nitrogens with zero attached hydrogens (tertiary/aromatic N) is 1. The third kappa shape index (κ3) is 8.69. The molecule has 0 fully saturated rings. The van der Waals surface area contributed by atoms with Gasteiger partial charge >= 0.3 is 11.9 Å². The van der Waals surface area contributed by atoms with Gasteiger partial charge in [0.1, 0.15) is 6.04 Å². The molecule has 0 aromatic heterocycles. The number of ether oxygens (including phenoxy) is 2. The van der Waals surface area contributed by atoms with Crippen LogP contribution in [0.1, 0.15) is 86.6 Å². The summed E-state index contributed by atoms with van der Waals surface area (Å²) in [6.45, 7) is 6.70. The van der Waals surface area contributed by atoms with Crippen molar-refractivity contribution in [2.75, 3.05) is 23.8 Å². The molecule has 1 atom stereocenters. The molecule has 2 N–H and O–H groups in total. The summed E-state index contributed by atoms with van der Waals surface area (Å²) in [5.41, 5.74) is 5.62. The van der Waals surface area contributed by atoms with Crippen molar-refractivity contribution in [1.82, 2.24) is 4.90 Å². The van der Waals surface area contributed by atoms with E-state index in [0.717, 1.165) is 27.2 Å². The monoisotopic (exact) mass is 717 g/mol. The Hall–Kier alpha value is -6.10. The fourth-order valence-corrected chi connectivity index (χ4v) is 6.39. The molecule has 53 heavy (non-hydrogen) atoms. The zero-order valence-electron chi connectivity index (χ0n) is 30.3. The SMILES string of the molecule is CCc1cccc(CC)c1NC(=O)COC(=O)c1ccc2c(c1)C(=O)N([C@H](Cc1ccccc1)C(=O)OCC(=O)Nc1c(CC)cccc1CC)C2=O. The summed E-state index contributed by atoms with van der Waals surface area (Å²) in [6, 6.07) is 22.7. The van der Waals surface area contributed by atoms with Crippen LogP contribution in [0.2, 0.25) is 0 Å². The Morgan fingerprint density at radius 1 is 0.604 bits per heavy atom. The Kier molecular flexibility index (Phi) is 12.5. The number of carbonyl (C=O) groups excluding carboxylic acids is 6. The number of rotatable bonds is 15. The van der Waals surface area contributed by atoms with E-state index >= 15 is 0 Å². The summed E-state index contributed by atoms with van der Waals surface area (Å²) >= 11 is 0. The van der Waals surface area contributed by atoms with Gasteiger partial charge in [0.2, 0.25) is 0 Å². The van der Waals surface area contributed by atoms with Crippen molar-refractivity contribution in [3.8, 4) is 0 Å². The van der Waals surface area contributed by atoms with Crippen LogP contribution >= 0.6 is 0 Å². The predicted molar refractivity (Wildman–Crippen MR) is 200 cm³/mol. The standard InChI is InChI=1S/C42H43N3O8/c1-5-27-16-12-17-28(6-2)37(27)43-35(46)24-52-41(50)31-20-21-32-33(23-31)40(49)45(39(32)48)34(22-26-14-10-9-11-15-26)42(51)53-25-36(47)44-38-29(7-3)18-13-19-30(38)8-4/h9-21,23,34H,5-8,22,24-25H2,1-4H3,(H,43,46)(H,44,47)/t34-/m1/s1. The molecule has 1 aliphatic heterocycles. The molecule has 0 spiro atoms. The largest absolute Gasteiger partial charge is 0.454 e. The Morgan fingerprint density at radius 2 is 1.09 bits per heavy atom. The zero-order chi connectivity index (χ0) is 38.1. The number of hydrogen-bond donors (Lipinski definition) is 2. The Labute approximate surface area is 308 Å². The second-order valence-electron chi connectivity index (χ2n) is 12.5. The van der Waals surface area contributed by atoms with E-state index in [4.69, 9.17) is 9.47 Å². The first kappa shape index (κ1) is 38.1. The Balaban J connectivity index is 1.29. The number of aryl methyl sites for hydroxylation is 4. The molecule has 1 heterocycles. The number of carbonyl (C=O) groups is 6. The van der Waals surface area contributed by atoms with Crippen molar-refractivity contribution >= 4 is 46.9 Å². The number of amides is 4. The molecule has 0 radical (unpaired) electrons. The second-order valence-corrected chi connectivity index (χ2v) is 12.5. The van der Waals surface area contributed by atoms with Gasteiger partial charge in [-0.05, 0) is 71.7 Å². The molecule has 11 heteroatoms. The summed E-state index contributed by atoms with van der Waals surface area (Å²) in [6.07, 6.45) is 2.70. The van der Waals surface area contributed by atoms with Gasteiger partial charge in [0.15, 0.2) is 13.2 Å². The normalized spacial score (nSPS) is 12.6. The van der Waals surface area contributed by atoms with E-state index in [2.05, 4.69) is 10.6 Å². The first-order valence-corrected chi connectivity index (χ1v) is 17.8. The van der Waals surface area contributed by atoms with Crippen molar-refractivity contribution in [2.24, 2.45) is 0 Å². The maximum atomic E-state index is 13.8. The average Bonchev–Trinajstić information content (AvgIpc) is 3.43. The van der Waals surface area contributed by atoms with Crippen LogP contribution in [-0.4, -0.2) is 59.7 Å². The molecule has 0 aliphatic carbocycles. The topological polar surface area (TPSA) is 148 Å². The van der Waals surface area contributed by atoms with Crippen molar-refractivity contribution in [3.05, 3.63) is 129 Å². The second kappa shape index (κ2) is 17.4. The molecule has 0 saturated carbocycles. The minimum Gasteiger partial charge on any atom is -0.454 e. The smallest absolute Gasteiger partial charge is 0.338 e. The lowest BCUT2D eigenvalue weighted by atomic mass is 10.0. The average molecular weight is 718 g/mol. The van der Waals surface area contributed by atoms with Gasteiger partial charge in [-0.25, -0.2) is 9.59 Å². The number of hydrogen-bond acceptors (Lipinski definition) is 8. The Morgan fingerprint density at radius 3 is 1.60 bits per heavy atom. The van der Waals surface area contributed by atoms with Crippen molar-refractivity contribution in [2.45, 2.75) is 65.8 Å². The third-order valence-corrected chi connectivity index (χ3v) is 9.22. The molecule has 4 amide bonds. The summed E-state index contributed by atoms with van der Waals surface area (Å²) in [5, 5.41) is 5.69. The minimum atomic E-state index is -1.41. The number of anilines is 2. The zero-order valence-corrected chi connectivity index (χ0v) is 30.3. The van der Waals surface area contributed by atoms with Gasteiger partial charge in [-0.3, -0.25) is 24.1 Å². The maximum absolute atomic E-state index is 13.8. The van der Waals surface area contributed by atoms with Crippen LogP contribution in [0.25, 0.3) is 0 Å². The molecule has 274 valence electrons. The lowest BCUT2D eigenvalue weighted by Gasteiger charge is -2.24. The van der Waals surface area contributed by atoms with Crippen molar-refractivity contribution < 1.29 is 38.2 Å². The number of fused-ring (bicyclic) bond motifs is 1. The van der Waals surface area contributed by atoms with Gasteiger partial charge in [0.05, 0.1) is 16.7 Å². The summed E-state index contributed by atoms with van der Waals surface area (Å²) in [4.78, 5) is 80.8. The maximum Gasteiger partial charge on any atom is 0.338 e. The fraction of sp³-hybridized carbons (Fsp3) is 0.286. The number of nitrogens with one attached hydrogen (secondary N) is 2. The van der Waals surface area contributed by atoms with Crippen molar-refractivity contribution in [1.29, 1.82) is 0 Å². The van der Waals surface area contributed by atoms with E-state index in [1.165, 1.54) is 18.2 Å². The van der Waals surface area contributed by atoms with Gasteiger partial charge in [-0.2, -0.15) is 0 Å². The molecule has 0 saturated heterocycles.